The van der Waals surface area contributed by atoms with Gasteiger partial charge in [0.2, 0.25) is 5.91 Å². The zero-order chi connectivity index (χ0) is 23.5. The van der Waals surface area contributed by atoms with Crippen molar-refractivity contribution < 1.29 is 14.3 Å². The highest BCUT2D eigenvalue weighted by Crippen LogP contribution is 2.36. The lowest BCUT2D eigenvalue weighted by atomic mass is 10.1. The maximum absolute atomic E-state index is 13.4. The molecule has 2 heterocycles. The summed E-state index contributed by atoms with van der Waals surface area (Å²) in [5.41, 5.74) is 2.59. The van der Waals surface area contributed by atoms with Gasteiger partial charge in [-0.25, -0.2) is 0 Å². The number of carbonyl (C=O) groups is 2. The first-order valence-electron chi connectivity index (χ1n) is 11.2. The van der Waals surface area contributed by atoms with Crippen molar-refractivity contribution in [2.24, 2.45) is 0 Å². The van der Waals surface area contributed by atoms with Crippen molar-refractivity contribution in [2.45, 2.75) is 0 Å². The summed E-state index contributed by atoms with van der Waals surface area (Å²) in [5, 5.41) is 0. The molecule has 5 rings (SSSR count). The Morgan fingerprint density at radius 1 is 0.882 bits per heavy atom. The van der Waals surface area contributed by atoms with Gasteiger partial charge in [-0.15, -0.1) is 0 Å². The molecule has 2 amide bonds. The van der Waals surface area contributed by atoms with Crippen molar-refractivity contribution in [3.63, 3.8) is 0 Å². The van der Waals surface area contributed by atoms with Gasteiger partial charge in [0.15, 0.2) is 11.5 Å². The lowest BCUT2D eigenvalue weighted by Crippen LogP contribution is -2.52. The highest BCUT2D eigenvalue weighted by molar-refractivity contribution is 9.10. The van der Waals surface area contributed by atoms with Crippen LogP contribution in [0.2, 0.25) is 0 Å². The molecule has 0 unspecified atom stereocenters. The van der Waals surface area contributed by atoms with Crippen LogP contribution in [0, 0.1) is 0 Å². The minimum Gasteiger partial charge on any atom is -0.449 e. The number of hydrogen-bond donors (Lipinski definition) is 0. The van der Waals surface area contributed by atoms with E-state index in [2.05, 4.69) is 33.0 Å². The molecule has 0 radical (unpaired) electrons. The largest absolute Gasteiger partial charge is 0.449 e. The van der Waals surface area contributed by atoms with E-state index in [9.17, 15) is 9.59 Å². The number of amides is 2. The zero-order valence-electron chi connectivity index (χ0n) is 18.6. The van der Waals surface area contributed by atoms with E-state index in [1.807, 2.05) is 71.6 Å². The van der Waals surface area contributed by atoms with Crippen LogP contribution in [0.1, 0.15) is 5.56 Å². The maximum atomic E-state index is 13.4. The van der Waals surface area contributed by atoms with Crippen LogP contribution in [0.3, 0.4) is 0 Å². The molecule has 0 bridgehead atoms. The monoisotopic (exact) mass is 517 g/mol. The van der Waals surface area contributed by atoms with E-state index in [0.717, 1.165) is 28.8 Å². The van der Waals surface area contributed by atoms with Crippen LogP contribution in [-0.2, 0) is 9.59 Å². The maximum Gasteiger partial charge on any atom is 0.294 e. The second-order valence-corrected chi connectivity index (χ2v) is 9.05. The molecule has 0 aliphatic carbocycles. The van der Waals surface area contributed by atoms with E-state index in [0.29, 0.717) is 24.5 Å². The molecule has 3 aromatic rings. The van der Waals surface area contributed by atoms with Crippen LogP contribution in [0.25, 0.3) is 6.08 Å². The molecule has 34 heavy (non-hydrogen) atoms. The number of carbonyl (C=O) groups excluding carboxylic acids is 2. The molecule has 7 heteroatoms. The number of benzene rings is 3. The minimum absolute atomic E-state index is 0.0299. The number of hydrogen-bond acceptors (Lipinski definition) is 4. The Hall–Kier alpha value is -3.58. The molecule has 2 aliphatic rings. The number of fused-ring (bicyclic) bond motifs is 1. The summed E-state index contributed by atoms with van der Waals surface area (Å²) in [6.45, 7) is 2.73. The molecule has 0 spiro atoms. The van der Waals surface area contributed by atoms with Gasteiger partial charge in [0.05, 0.1) is 5.69 Å². The Kier molecular flexibility index (Phi) is 6.36. The summed E-state index contributed by atoms with van der Waals surface area (Å²) in [6.07, 6.45) is 1.71. The first-order valence-corrected chi connectivity index (χ1v) is 12.0. The van der Waals surface area contributed by atoms with Gasteiger partial charge in [0, 0.05) is 36.3 Å². The first kappa shape index (κ1) is 22.2. The van der Waals surface area contributed by atoms with Crippen LogP contribution in [0.4, 0.5) is 11.4 Å². The Morgan fingerprint density at radius 2 is 1.56 bits per heavy atom. The highest BCUT2D eigenvalue weighted by atomic mass is 79.9. The molecule has 1 saturated heterocycles. The fraction of sp³-hybridized carbons (Fsp3) is 0.185. The van der Waals surface area contributed by atoms with Gasteiger partial charge in [-0.1, -0.05) is 64.5 Å². The van der Waals surface area contributed by atoms with E-state index in [-0.39, 0.29) is 24.1 Å². The van der Waals surface area contributed by atoms with Gasteiger partial charge < -0.3 is 14.5 Å². The number of halogens is 1. The van der Waals surface area contributed by atoms with Crippen LogP contribution in [0.5, 0.6) is 5.75 Å². The summed E-state index contributed by atoms with van der Waals surface area (Å²) < 4.78 is 6.80. The predicted molar refractivity (Wildman–Crippen MR) is 137 cm³/mol. The van der Waals surface area contributed by atoms with E-state index in [1.165, 1.54) is 4.90 Å². The van der Waals surface area contributed by atoms with Crippen molar-refractivity contribution in [2.75, 3.05) is 42.5 Å². The molecule has 0 atom stereocenters. The predicted octanol–water partition coefficient (Wildman–Crippen LogP) is 4.56. The smallest absolute Gasteiger partial charge is 0.294 e. The molecular weight excluding hydrogens is 494 g/mol. The Balaban J connectivity index is 1.33. The van der Waals surface area contributed by atoms with Crippen LogP contribution in [-0.4, -0.2) is 49.4 Å². The number of rotatable bonds is 4. The summed E-state index contributed by atoms with van der Waals surface area (Å²) >= 11 is 3.51. The summed E-state index contributed by atoms with van der Waals surface area (Å²) in [4.78, 5) is 32.3. The van der Waals surface area contributed by atoms with Gasteiger partial charge >= 0.3 is 0 Å². The summed E-state index contributed by atoms with van der Waals surface area (Å²) in [7, 11) is 0. The number of piperazine rings is 1. The second-order valence-electron chi connectivity index (χ2n) is 8.19. The zero-order valence-corrected chi connectivity index (χ0v) is 20.1. The van der Waals surface area contributed by atoms with E-state index in [4.69, 9.17) is 4.74 Å². The first-order chi connectivity index (χ1) is 16.6. The highest BCUT2D eigenvalue weighted by Gasteiger charge is 2.33. The van der Waals surface area contributed by atoms with Gasteiger partial charge in [0.25, 0.3) is 5.91 Å². The van der Waals surface area contributed by atoms with Gasteiger partial charge in [-0.05, 0) is 42.0 Å². The Labute approximate surface area is 207 Å². The lowest BCUT2D eigenvalue weighted by Gasteiger charge is -2.37. The second kappa shape index (κ2) is 9.73. The number of anilines is 2. The van der Waals surface area contributed by atoms with E-state index < -0.39 is 0 Å². The quantitative estimate of drug-likeness (QED) is 0.476. The van der Waals surface area contributed by atoms with Crippen molar-refractivity contribution in [1.82, 2.24) is 4.90 Å². The molecule has 2 aliphatic heterocycles. The van der Waals surface area contributed by atoms with Crippen molar-refractivity contribution in [1.29, 1.82) is 0 Å². The molecule has 172 valence electrons. The number of para-hydroxylation sites is 3. The van der Waals surface area contributed by atoms with Crippen LogP contribution in [0.15, 0.2) is 89.1 Å². The molecule has 0 aromatic heterocycles. The van der Waals surface area contributed by atoms with Crippen molar-refractivity contribution in [3.8, 4) is 5.75 Å². The molecule has 6 nitrogen and oxygen atoms in total. The average molecular weight is 518 g/mol. The molecule has 3 aromatic carbocycles. The normalized spacial score (nSPS) is 16.9. The fourth-order valence-corrected chi connectivity index (χ4v) is 4.64. The standard InChI is InChI=1S/C27H24BrN3O3/c28-22-11-5-4-8-20(22)18-25-27(33)31(23-12-6-7-13-24(23)34-25)19-26(32)30-16-14-29(15-17-30)21-9-2-1-3-10-21/h1-13,18H,14-17,19H2. The summed E-state index contributed by atoms with van der Waals surface area (Å²) in [6, 6.07) is 25.1. The molecule has 0 saturated carbocycles. The SMILES string of the molecule is O=C(CN1C(=O)C(=Cc2ccccc2Br)Oc2ccccc21)N1CCN(c2ccccc2)CC1. The Bertz CT molecular complexity index is 1240. The molecular formula is C27H24BrN3O3. The van der Waals surface area contributed by atoms with Gasteiger partial charge in [-0.3, -0.25) is 14.5 Å². The third-order valence-corrected chi connectivity index (χ3v) is 6.79. The van der Waals surface area contributed by atoms with Gasteiger partial charge in [-0.2, -0.15) is 0 Å². The fourth-order valence-electron chi connectivity index (χ4n) is 4.24. The summed E-state index contributed by atoms with van der Waals surface area (Å²) in [5.74, 6) is 0.345. The van der Waals surface area contributed by atoms with Crippen molar-refractivity contribution in [3.05, 3.63) is 94.7 Å². The van der Waals surface area contributed by atoms with Crippen LogP contribution >= 0.6 is 15.9 Å². The molecule has 0 N–H and O–H groups in total. The van der Waals surface area contributed by atoms with E-state index >= 15 is 0 Å². The minimum atomic E-state index is -0.328. The Morgan fingerprint density at radius 3 is 2.32 bits per heavy atom. The number of ether oxygens (including phenoxy) is 1. The third-order valence-electron chi connectivity index (χ3n) is 6.07. The van der Waals surface area contributed by atoms with Gasteiger partial charge in [0.1, 0.15) is 6.54 Å². The lowest BCUT2D eigenvalue weighted by molar-refractivity contribution is -0.131. The average Bonchev–Trinajstić information content (AvgIpc) is 2.88. The molecule has 1 fully saturated rings. The van der Waals surface area contributed by atoms with Crippen LogP contribution < -0.4 is 14.5 Å². The van der Waals surface area contributed by atoms with E-state index in [1.54, 1.807) is 6.08 Å². The van der Waals surface area contributed by atoms with Crippen molar-refractivity contribution >= 4 is 45.2 Å². The topological polar surface area (TPSA) is 53.1 Å². The third kappa shape index (κ3) is 4.56. The number of nitrogens with zero attached hydrogens (tertiary/aromatic N) is 3.